The third kappa shape index (κ3) is 2.92. The van der Waals surface area contributed by atoms with Gasteiger partial charge in [0.15, 0.2) is 0 Å². The van der Waals surface area contributed by atoms with Gasteiger partial charge in [-0.3, -0.25) is 9.89 Å². The van der Waals surface area contributed by atoms with Crippen molar-refractivity contribution >= 4 is 21.8 Å². The summed E-state index contributed by atoms with van der Waals surface area (Å²) >= 11 is 3.04. The number of halogens is 2. The fourth-order valence-corrected chi connectivity index (χ4v) is 1.79. The predicted octanol–water partition coefficient (Wildman–Crippen LogP) is 1.68. The third-order valence-corrected chi connectivity index (χ3v) is 2.92. The molecule has 0 spiro atoms. The molecular weight excluding hydrogens is 303 g/mol. The lowest BCUT2D eigenvalue weighted by Gasteiger charge is -2.05. The minimum Gasteiger partial charge on any atom is -0.351 e. The van der Waals surface area contributed by atoms with Crippen molar-refractivity contribution in [2.45, 2.75) is 6.42 Å². The van der Waals surface area contributed by atoms with Crippen LogP contribution in [-0.2, 0) is 6.42 Å². The number of hydrogen-bond acceptors (Lipinski definition) is 3. The zero-order chi connectivity index (χ0) is 13.0. The molecule has 18 heavy (non-hydrogen) atoms. The van der Waals surface area contributed by atoms with Crippen molar-refractivity contribution in [1.82, 2.24) is 20.5 Å². The number of H-pyrrole nitrogens is 1. The van der Waals surface area contributed by atoms with E-state index in [-0.39, 0.29) is 10.0 Å². The molecular formula is C11H10BrFN4O. The molecule has 94 valence electrons. The number of aromatic nitrogens is 3. The number of amides is 1. The van der Waals surface area contributed by atoms with Crippen molar-refractivity contribution in [3.63, 3.8) is 0 Å². The van der Waals surface area contributed by atoms with Gasteiger partial charge in [0.25, 0.3) is 5.91 Å². The van der Waals surface area contributed by atoms with E-state index in [0.717, 1.165) is 0 Å². The predicted molar refractivity (Wildman–Crippen MR) is 66.5 cm³/mol. The van der Waals surface area contributed by atoms with Crippen molar-refractivity contribution in [2.24, 2.45) is 0 Å². The van der Waals surface area contributed by atoms with Gasteiger partial charge in [-0.15, -0.1) is 0 Å². The molecule has 2 N–H and O–H groups in total. The van der Waals surface area contributed by atoms with E-state index in [9.17, 15) is 9.18 Å². The van der Waals surface area contributed by atoms with Crippen LogP contribution < -0.4 is 5.32 Å². The first-order valence-corrected chi connectivity index (χ1v) is 6.04. The molecule has 0 saturated heterocycles. The minimum atomic E-state index is -0.560. The van der Waals surface area contributed by atoms with Gasteiger partial charge in [0.1, 0.15) is 18.0 Å². The average Bonchev–Trinajstić information content (AvgIpc) is 2.85. The van der Waals surface area contributed by atoms with Gasteiger partial charge in [0.2, 0.25) is 0 Å². The van der Waals surface area contributed by atoms with Gasteiger partial charge in [0.05, 0.1) is 10.0 Å². The van der Waals surface area contributed by atoms with E-state index in [2.05, 4.69) is 36.4 Å². The van der Waals surface area contributed by atoms with Crippen molar-refractivity contribution < 1.29 is 9.18 Å². The van der Waals surface area contributed by atoms with Gasteiger partial charge in [-0.2, -0.15) is 5.10 Å². The summed E-state index contributed by atoms with van der Waals surface area (Å²) < 4.78 is 13.9. The Kier molecular flexibility index (Phi) is 4.03. The molecule has 0 aliphatic carbocycles. The van der Waals surface area contributed by atoms with E-state index in [4.69, 9.17) is 0 Å². The summed E-state index contributed by atoms with van der Waals surface area (Å²) in [5.41, 5.74) is 0.0157. The highest BCUT2D eigenvalue weighted by Gasteiger charge is 2.13. The number of aromatic amines is 1. The van der Waals surface area contributed by atoms with Crippen LogP contribution in [0.5, 0.6) is 0 Å². The van der Waals surface area contributed by atoms with Crippen LogP contribution in [0.2, 0.25) is 0 Å². The number of rotatable bonds is 4. The summed E-state index contributed by atoms with van der Waals surface area (Å²) in [7, 11) is 0. The molecule has 0 radical (unpaired) electrons. The molecule has 2 rings (SSSR count). The first-order valence-electron chi connectivity index (χ1n) is 5.25. The molecule has 7 heteroatoms. The molecule has 5 nitrogen and oxygen atoms in total. The van der Waals surface area contributed by atoms with E-state index in [1.54, 1.807) is 12.1 Å². The van der Waals surface area contributed by atoms with Crippen LogP contribution in [0, 0.1) is 5.82 Å². The second-order valence-corrected chi connectivity index (χ2v) is 4.39. The average molecular weight is 313 g/mol. The quantitative estimate of drug-likeness (QED) is 0.902. The maximum Gasteiger partial charge on any atom is 0.254 e. The molecule has 0 unspecified atom stereocenters. The molecule has 0 saturated carbocycles. The highest BCUT2D eigenvalue weighted by atomic mass is 79.9. The Bertz CT molecular complexity index is 544. The smallest absolute Gasteiger partial charge is 0.254 e. The minimum absolute atomic E-state index is 0.0157. The molecule has 1 heterocycles. The molecule has 0 fully saturated rings. The normalized spacial score (nSPS) is 10.3. The Hall–Kier alpha value is -1.76. The van der Waals surface area contributed by atoms with Crippen molar-refractivity contribution in [1.29, 1.82) is 0 Å². The lowest BCUT2D eigenvalue weighted by molar-refractivity contribution is 0.0950. The lowest BCUT2D eigenvalue weighted by atomic mass is 10.2. The van der Waals surface area contributed by atoms with Crippen LogP contribution in [0.4, 0.5) is 4.39 Å². The van der Waals surface area contributed by atoms with Gasteiger partial charge in [-0.1, -0.05) is 6.07 Å². The Labute approximate surface area is 111 Å². The first-order chi connectivity index (χ1) is 8.68. The maximum absolute atomic E-state index is 13.6. The van der Waals surface area contributed by atoms with Crippen LogP contribution in [-0.4, -0.2) is 27.6 Å². The highest BCUT2D eigenvalue weighted by molar-refractivity contribution is 9.10. The second kappa shape index (κ2) is 5.72. The summed E-state index contributed by atoms with van der Waals surface area (Å²) in [5.74, 6) is -0.340. The Balaban J connectivity index is 1.93. The van der Waals surface area contributed by atoms with Gasteiger partial charge in [-0.05, 0) is 28.1 Å². The van der Waals surface area contributed by atoms with Crippen LogP contribution >= 0.6 is 15.9 Å². The summed E-state index contributed by atoms with van der Waals surface area (Å²) in [6.07, 6.45) is 1.91. The molecule has 0 aliphatic heterocycles. The fourth-order valence-electron chi connectivity index (χ4n) is 1.42. The van der Waals surface area contributed by atoms with Gasteiger partial charge in [0, 0.05) is 13.0 Å². The SMILES string of the molecule is O=C(NCCc1ncn[nH]1)c1cccc(Br)c1F. The summed E-state index contributed by atoms with van der Waals surface area (Å²) in [6.45, 7) is 0.361. The van der Waals surface area contributed by atoms with Crippen LogP contribution in [0.25, 0.3) is 0 Å². The summed E-state index contributed by atoms with van der Waals surface area (Å²) in [4.78, 5) is 15.6. The van der Waals surface area contributed by atoms with E-state index < -0.39 is 11.7 Å². The number of nitrogens with one attached hydrogen (secondary N) is 2. The Morgan fingerprint density at radius 1 is 1.50 bits per heavy atom. The lowest BCUT2D eigenvalue weighted by Crippen LogP contribution is -2.26. The molecule has 1 aromatic heterocycles. The van der Waals surface area contributed by atoms with Gasteiger partial charge < -0.3 is 5.32 Å². The molecule has 1 aromatic carbocycles. The fraction of sp³-hybridized carbons (Fsp3) is 0.182. The maximum atomic E-state index is 13.6. The largest absolute Gasteiger partial charge is 0.351 e. The zero-order valence-corrected chi connectivity index (χ0v) is 10.9. The van der Waals surface area contributed by atoms with Crippen molar-refractivity contribution in [3.05, 3.63) is 46.2 Å². The molecule has 1 amide bonds. The number of nitrogens with zero attached hydrogens (tertiary/aromatic N) is 2. The van der Waals surface area contributed by atoms with Crippen LogP contribution in [0.15, 0.2) is 29.0 Å². The zero-order valence-electron chi connectivity index (χ0n) is 9.28. The number of carbonyl (C=O) groups excluding carboxylic acids is 1. The number of carbonyl (C=O) groups is 1. The van der Waals surface area contributed by atoms with E-state index in [0.29, 0.717) is 18.8 Å². The monoisotopic (exact) mass is 312 g/mol. The Morgan fingerprint density at radius 3 is 3.06 bits per heavy atom. The molecule has 0 bridgehead atoms. The van der Waals surface area contributed by atoms with Crippen molar-refractivity contribution in [2.75, 3.05) is 6.54 Å². The molecule has 0 atom stereocenters. The number of hydrogen-bond donors (Lipinski definition) is 2. The van der Waals surface area contributed by atoms with E-state index >= 15 is 0 Å². The highest BCUT2D eigenvalue weighted by Crippen LogP contribution is 2.18. The topological polar surface area (TPSA) is 70.7 Å². The van der Waals surface area contributed by atoms with E-state index in [1.165, 1.54) is 12.4 Å². The molecule has 0 aliphatic rings. The first kappa shape index (κ1) is 12.7. The molecule has 2 aromatic rings. The Morgan fingerprint density at radius 2 is 2.33 bits per heavy atom. The van der Waals surface area contributed by atoms with E-state index in [1.807, 2.05) is 0 Å². The second-order valence-electron chi connectivity index (χ2n) is 3.54. The summed E-state index contributed by atoms with van der Waals surface area (Å²) in [6, 6.07) is 4.59. The number of benzene rings is 1. The van der Waals surface area contributed by atoms with Crippen LogP contribution in [0.3, 0.4) is 0 Å². The van der Waals surface area contributed by atoms with Crippen LogP contribution in [0.1, 0.15) is 16.2 Å². The van der Waals surface area contributed by atoms with Crippen molar-refractivity contribution in [3.8, 4) is 0 Å². The standard InChI is InChI=1S/C11H10BrFN4O/c12-8-3-1-2-7(10(8)13)11(18)14-5-4-9-15-6-16-17-9/h1-3,6H,4-5H2,(H,14,18)(H,15,16,17). The summed E-state index contributed by atoms with van der Waals surface area (Å²) in [5, 5.41) is 8.98. The van der Waals surface area contributed by atoms with Gasteiger partial charge in [-0.25, -0.2) is 9.37 Å². The third-order valence-electron chi connectivity index (χ3n) is 2.31. The van der Waals surface area contributed by atoms with Gasteiger partial charge >= 0.3 is 0 Å².